The molecule has 2 aromatic carbocycles. The number of nitrogens with one attached hydrogen (secondary N) is 2. The second-order valence-corrected chi connectivity index (χ2v) is 10.6. The highest BCUT2D eigenvalue weighted by Crippen LogP contribution is 2.30. The van der Waals surface area contributed by atoms with E-state index in [9.17, 15) is 4.79 Å². The number of piperazine rings is 1. The zero-order chi connectivity index (χ0) is 25.4. The van der Waals surface area contributed by atoms with Crippen LogP contribution in [0.5, 0.6) is 5.75 Å². The molecular formula is C29H37N5O2. The number of carbonyl (C=O) groups is 1. The number of nitrogens with zero attached hydrogens (tertiary/aromatic N) is 3. The Kier molecular flexibility index (Phi) is 6.75. The highest BCUT2D eigenvalue weighted by Gasteiger charge is 2.32. The molecule has 7 nitrogen and oxygen atoms in total. The third kappa shape index (κ3) is 5.26. The third-order valence-electron chi connectivity index (χ3n) is 7.23. The van der Waals surface area contributed by atoms with E-state index in [1.165, 1.54) is 12.8 Å². The number of hydrogen-bond donors (Lipinski definition) is 2. The Bertz CT molecular complexity index is 1240. The first-order chi connectivity index (χ1) is 17.2. The van der Waals surface area contributed by atoms with E-state index in [4.69, 9.17) is 4.74 Å². The zero-order valence-corrected chi connectivity index (χ0v) is 21.9. The van der Waals surface area contributed by atoms with Crippen molar-refractivity contribution in [2.45, 2.75) is 64.8 Å². The van der Waals surface area contributed by atoms with E-state index in [-0.39, 0.29) is 18.1 Å². The SMILES string of the molecule is Cc1ccc(N2C[C@H]3CC[C@@H](C2)N3)cc1C(=O)N[C@H](C)c1cc(OC(C)C)cc(-c2cnn(C)c2)c1. The van der Waals surface area contributed by atoms with E-state index in [0.717, 1.165) is 52.3 Å². The van der Waals surface area contributed by atoms with Crippen LogP contribution in [0.4, 0.5) is 5.69 Å². The van der Waals surface area contributed by atoms with Gasteiger partial charge in [0.15, 0.2) is 0 Å². The maximum absolute atomic E-state index is 13.5. The van der Waals surface area contributed by atoms with Gasteiger partial charge in [-0.2, -0.15) is 5.10 Å². The molecule has 0 unspecified atom stereocenters. The molecule has 3 heterocycles. The van der Waals surface area contributed by atoms with Gasteiger partial charge in [-0.1, -0.05) is 6.07 Å². The minimum atomic E-state index is -0.193. The monoisotopic (exact) mass is 487 g/mol. The topological polar surface area (TPSA) is 71.4 Å². The van der Waals surface area contributed by atoms with Gasteiger partial charge in [-0.3, -0.25) is 9.48 Å². The van der Waals surface area contributed by atoms with E-state index in [1.807, 2.05) is 59.3 Å². The Hall–Kier alpha value is -3.32. The largest absolute Gasteiger partial charge is 0.491 e. The van der Waals surface area contributed by atoms with Crippen molar-refractivity contribution in [1.82, 2.24) is 20.4 Å². The molecule has 2 saturated heterocycles. The van der Waals surface area contributed by atoms with Gasteiger partial charge in [0.1, 0.15) is 5.75 Å². The maximum atomic E-state index is 13.5. The van der Waals surface area contributed by atoms with Crippen LogP contribution in [0.2, 0.25) is 0 Å². The molecule has 0 aliphatic carbocycles. The van der Waals surface area contributed by atoms with Gasteiger partial charge in [0.05, 0.1) is 18.3 Å². The second kappa shape index (κ2) is 9.97. The standard InChI is InChI=1S/C29H37N5O2/c1-18(2)36-27-11-21(10-22(12-27)23-14-30-33(5)15-23)20(4)31-29(35)28-13-26(9-6-19(28)3)34-16-24-7-8-25(17-34)32-24/h6,9-15,18,20,24-25,32H,7-8,16-17H2,1-5H3,(H,31,35)/t20-,24-,25+/m1/s1. The first kappa shape index (κ1) is 24.4. The Morgan fingerprint density at radius 1 is 1.08 bits per heavy atom. The van der Waals surface area contributed by atoms with Crippen LogP contribution >= 0.6 is 0 Å². The van der Waals surface area contributed by atoms with Gasteiger partial charge in [0.25, 0.3) is 5.91 Å². The Morgan fingerprint density at radius 3 is 2.50 bits per heavy atom. The van der Waals surface area contributed by atoms with Gasteiger partial charge in [-0.25, -0.2) is 0 Å². The van der Waals surface area contributed by atoms with E-state index in [2.05, 4.69) is 44.9 Å². The molecule has 2 fully saturated rings. The van der Waals surface area contributed by atoms with Crippen LogP contribution in [0, 0.1) is 6.92 Å². The van der Waals surface area contributed by atoms with E-state index >= 15 is 0 Å². The summed E-state index contributed by atoms with van der Waals surface area (Å²) in [7, 11) is 1.91. The fourth-order valence-corrected chi connectivity index (χ4v) is 5.37. The number of aryl methyl sites for hydroxylation is 2. The van der Waals surface area contributed by atoms with Crippen molar-refractivity contribution >= 4 is 11.6 Å². The molecule has 2 aliphatic rings. The minimum absolute atomic E-state index is 0.0532. The number of ether oxygens (including phenoxy) is 1. The quantitative estimate of drug-likeness (QED) is 0.509. The average Bonchev–Trinajstić information content (AvgIpc) is 3.42. The molecule has 0 radical (unpaired) electrons. The highest BCUT2D eigenvalue weighted by molar-refractivity contribution is 5.97. The van der Waals surface area contributed by atoms with E-state index in [1.54, 1.807) is 4.68 Å². The normalized spacial score (nSPS) is 20.0. The van der Waals surface area contributed by atoms with Crippen LogP contribution in [-0.2, 0) is 7.05 Å². The van der Waals surface area contributed by atoms with Crippen LogP contribution in [0.1, 0.15) is 61.1 Å². The first-order valence-electron chi connectivity index (χ1n) is 13.0. The minimum Gasteiger partial charge on any atom is -0.491 e. The summed E-state index contributed by atoms with van der Waals surface area (Å²) in [6.45, 7) is 10.0. The molecule has 5 rings (SSSR count). The van der Waals surface area contributed by atoms with Crippen molar-refractivity contribution in [3.05, 3.63) is 65.5 Å². The van der Waals surface area contributed by atoms with Crippen molar-refractivity contribution < 1.29 is 9.53 Å². The number of anilines is 1. The molecule has 190 valence electrons. The number of hydrogen-bond acceptors (Lipinski definition) is 5. The fraction of sp³-hybridized carbons (Fsp3) is 0.448. The van der Waals surface area contributed by atoms with Crippen LogP contribution in [0.3, 0.4) is 0 Å². The Balaban J connectivity index is 1.37. The summed E-state index contributed by atoms with van der Waals surface area (Å²) in [5.41, 5.74) is 5.86. The van der Waals surface area contributed by atoms with Gasteiger partial charge in [-0.05, 0) is 87.6 Å². The number of benzene rings is 2. The Labute approximate surface area is 213 Å². The van der Waals surface area contributed by atoms with Crippen molar-refractivity contribution in [1.29, 1.82) is 0 Å². The second-order valence-electron chi connectivity index (χ2n) is 10.6. The molecule has 2 aliphatic heterocycles. The lowest BCUT2D eigenvalue weighted by atomic mass is 10.0. The zero-order valence-electron chi connectivity index (χ0n) is 21.9. The van der Waals surface area contributed by atoms with Gasteiger partial charge in [0, 0.05) is 55.2 Å². The number of carbonyl (C=O) groups excluding carboxylic acids is 1. The number of amides is 1. The molecule has 36 heavy (non-hydrogen) atoms. The summed E-state index contributed by atoms with van der Waals surface area (Å²) in [4.78, 5) is 15.9. The van der Waals surface area contributed by atoms with E-state index in [0.29, 0.717) is 12.1 Å². The summed E-state index contributed by atoms with van der Waals surface area (Å²) < 4.78 is 7.82. The molecule has 0 spiro atoms. The van der Waals surface area contributed by atoms with Crippen LogP contribution in [0.25, 0.3) is 11.1 Å². The van der Waals surface area contributed by atoms with Gasteiger partial charge in [0.2, 0.25) is 0 Å². The molecule has 3 aromatic rings. The van der Waals surface area contributed by atoms with Crippen LogP contribution < -0.4 is 20.3 Å². The van der Waals surface area contributed by atoms with Crippen molar-refractivity contribution in [2.24, 2.45) is 7.05 Å². The predicted octanol–water partition coefficient (Wildman–Crippen LogP) is 4.61. The summed E-state index contributed by atoms with van der Waals surface area (Å²) in [6, 6.07) is 13.3. The molecule has 3 atom stereocenters. The first-order valence-corrected chi connectivity index (χ1v) is 13.0. The van der Waals surface area contributed by atoms with Crippen molar-refractivity contribution in [3.63, 3.8) is 0 Å². The van der Waals surface area contributed by atoms with Crippen LogP contribution in [-0.4, -0.2) is 47.0 Å². The van der Waals surface area contributed by atoms with Gasteiger partial charge < -0.3 is 20.3 Å². The van der Waals surface area contributed by atoms with Crippen molar-refractivity contribution in [2.75, 3.05) is 18.0 Å². The fourth-order valence-electron chi connectivity index (χ4n) is 5.37. The van der Waals surface area contributed by atoms with Crippen molar-refractivity contribution in [3.8, 4) is 16.9 Å². The lowest BCUT2D eigenvalue weighted by Gasteiger charge is -2.35. The molecule has 2 bridgehead atoms. The summed E-state index contributed by atoms with van der Waals surface area (Å²) in [5, 5.41) is 11.2. The van der Waals surface area contributed by atoms with Gasteiger partial charge in [-0.15, -0.1) is 0 Å². The highest BCUT2D eigenvalue weighted by atomic mass is 16.5. The molecule has 1 amide bonds. The summed E-state index contributed by atoms with van der Waals surface area (Å²) >= 11 is 0. The Morgan fingerprint density at radius 2 is 1.83 bits per heavy atom. The maximum Gasteiger partial charge on any atom is 0.252 e. The smallest absolute Gasteiger partial charge is 0.252 e. The molecule has 0 saturated carbocycles. The molecule has 7 heteroatoms. The van der Waals surface area contributed by atoms with E-state index < -0.39 is 0 Å². The lowest BCUT2D eigenvalue weighted by Crippen LogP contribution is -2.51. The summed E-state index contributed by atoms with van der Waals surface area (Å²) in [5.74, 6) is 0.729. The molecule has 1 aromatic heterocycles. The molecular weight excluding hydrogens is 450 g/mol. The average molecular weight is 488 g/mol. The van der Waals surface area contributed by atoms with Crippen LogP contribution in [0.15, 0.2) is 48.8 Å². The third-order valence-corrected chi connectivity index (χ3v) is 7.23. The lowest BCUT2D eigenvalue weighted by molar-refractivity contribution is 0.0939. The predicted molar refractivity (Wildman–Crippen MR) is 144 cm³/mol. The van der Waals surface area contributed by atoms with Gasteiger partial charge >= 0.3 is 0 Å². The number of fused-ring (bicyclic) bond motifs is 2. The number of aromatic nitrogens is 2. The summed E-state index contributed by atoms with van der Waals surface area (Å²) in [6.07, 6.45) is 6.35. The number of rotatable bonds is 7. The molecule has 2 N–H and O–H groups in total.